The molecule has 12 heteroatoms. The third-order valence-corrected chi connectivity index (χ3v) is 23.1. The Hall–Kier alpha value is -13.3. The summed E-state index contributed by atoms with van der Waals surface area (Å²) in [5.41, 5.74) is 19.6. The second kappa shape index (κ2) is 22.1. The monoisotopic (exact) mass is 1340 g/mol. The van der Waals surface area contributed by atoms with E-state index in [-0.39, 0.29) is 0 Å². The van der Waals surface area contributed by atoms with Crippen molar-refractivity contribution in [1.82, 2.24) is 48.2 Å². The molecule has 0 bridgehead atoms. The van der Waals surface area contributed by atoms with E-state index in [1.807, 2.05) is 11.3 Å². The van der Waals surface area contributed by atoms with Gasteiger partial charge < -0.3 is 13.7 Å². The summed E-state index contributed by atoms with van der Waals surface area (Å²) in [5, 5.41) is 14.4. The molecule has 0 radical (unpaired) electrons. The van der Waals surface area contributed by atoms with Gasteiger partial charge in [0.15, 0.2) is 17.5 Å². The highest BCUT2D eigenvalue weighted by atomic mass is 32.1. The highest BCUT2D eigenvalue weighted by Crippen LogP contribution is 2.47. The number of para-hydroxylation sites is 5. The Morgan fingerprint density at radius 2 is 0.657 bits per heavy atom. The molecular weight excluding hydrogens is 1290 g/mol. The Kier molecular flexibility index (Phi) is 12.3. The van der Waals surface area contributed by atoms with Crippen molar-refractivity contribution in [2.24, 2.45) is 0 Å². The molecule has 0 unspecified atom stereocenters. The maximum Gasteiger partial charge on any atom is 0.238 e. The summed E-state index contributed by atoms with van der Waals surface area (Å²) in [4.78, 5) is 29.6. The van der Waals surface area contributed by atoms with Crippen LogP contribution in [0.1, 0.15) is 0 Å². The van der Waals surface area contributed by atoms with Crippen LogP contribution >= 0.6 is 22.7 Å². The van der Waals surface area contributed by atoms with Crippen molar-refractivity contribution in [2.45, 2.75) is 0 Å². The Morgan fingerprint density at radius 1 is 0.225 bits per heavy atom. The van der Waals surface area contributed by atoms with E-state index >= 15 is 0 Å². The topological polar surface area (TPSA) is 97.1 Å². The first kappa shape index (κ1) is 56.7. The third-order valence-electron chi connectivity index (χ3n) is 20.7. The van der Waals surface area contributed by atoms with Crippen LogP contribution in [0.2, 0.25) is 0 Å². The van der Waals surface area contributed by atoms with Gasteiger partial charge in [-0.1, -0.05) is 194 Å². The van der Waals surface area contributed by atoms with Crippen LogP contribution in [0.15, 0.2) is 316 Å². The predicted octanol–water partition coefficient (Wildman–Crippen LogP) is 23.5. The number of aromatic nitrogens is 10. The summed E-state index contributed by atoms with van der Waals surface area (Å²) in [5.74, 6) is 2.46. The fourth-order valence-corrected chi connectivity index (χ4v) is 18.7. The lowest BCUT2D eigenvalue weighted by molar-refractivity contribution is 0.946. The third kappa shape index (κ3) is 8.51. The van der Waals surface area contributed by atoms with Crippen LogP contribution in [0.5, 0.6) is 0 Å². The minimum atomic E-state index is 0.565. The van der Waals surface area contributed by atoms with Gasteiger partial charge in [-0.2, -0.15) is 4.98 Å². The maximum absolute atomic E-state index is 5.26. The first-order valence-corrected chi connectivity index (χ1v) is 35.8. The molecule has 8 heterocycles. The molecule has 14 aromatic carbocycles. The van der Waals surface area contributed by atoms with Crippen LogP contribution in [-0.2, 0) is 0 Å². The molecule has 0 aliphatic rings. The molecule has 0 N–H and O–H groups in total. The van der Waals surface area contributed by atoms with E-state index in [1.165, 1.54) is 89.4 Å². The van der Waals surface area contributed by atoms with Gasteiger partial charge >= 0.3 is 0 Å². The molecule has 22 rings (SSSR count). The molecule has 0 saturated heterocycles. The minimum absolute atomic E-state index is 0.565. The largest absolute Gasteiger partial charge is 0.309 e. The average molecular weight is 1340 g/mol. The highest BCUT2D eigenvalue weighted by Gasteiger charge is 2.24. The summed E-state index contributed by atoms with van der Waals surface area (Å²) in [6.45, 7) is 0. The summed E-state index contributed by atoms with van der Waals surface area (Å²) >= 11 is 3.63. The van der Waals surface area contributed by atoms with Gasteiger partial charge in [-0.25, -0.2) is 24.9 Å². The number of hydrogen-bond donors (Lipinski definition) is 0. The van der Waals surface area contributed by atoms with Gasteiger partial charge in [-0.15, -0.1) is 22.7 Å². The zero-order valence-corrected chi connectivity index (χ0v) is 55.9. The zero-order valence-electron chi connectivity index (χ0n) is 54.3. The standard InChI is InChI=1S/C90H52N10S2/c1-7-33-74-62(22-1)63-23-2-8-34-75(63)98(74)58-42-45-80-73(49-58)65-25-4-10-36-77(65)100(80)90-94-52-92-88(96-90)55-19-13-18-53(46-55)61-29-15-30-69-67-43-40-54(48-83(67)102-85(61)69)60-28-17-38-81-84(60)70-27-5-11-37-78(70)99(81)59-41-44-79-72(50-59)64-24-3-9-35-76(64)97(79)57-21-14-20-56(47-57)87-91-51-93-89(95-87)71-32-16-31-68-66-26-6-12-39-82(66)101-86(68)71/h1-52H. The fourth-order valence-electron chi connectivity index (χ4n) is 16.3. The van der Waals surface area contributed by atoms with E-state index in [1.54, 1.807) is 24.0 Å². The van der Waals surface area contributed by atoms with Crippen LogP contribution < -0.4 is 0 Å². The lowest BCUT2D eigenvalue weighted by Crippen LogP contribution is -2.03. The van der Waals surface area contributed by atoms with Crippen molar-refractivity contribution in [3.63, 3.8) is 0 Å². The molecule has 0 spiro atoms. The Bertz CT molecular complexity index is 7250. The number of thiophene rings is 2. The van der Waals surface area contributed by atoms with Gasteiger partial charge in [-0.05, 0) is 131 Å². The van der Waals surface area contributed by atoms with Crippen molar-refractivity contribution >= 4 is 150 Å². The lowest BCUT2D eigenvalue weighted by Gasteiger charge is -2.12. The van der Waals surface area contributed by atoms with E-state index in [2.05, 4.69) is 322 Å². The minimum Gasteiger partial charge on any atom is -0.309 e. The second-order valence-electron chi connectivity index (χ2n) is 26.2. The second-order valence-corrected chi connectivity index (χ2v) is 28.3. The smallest absolute Gasteiger partial charge is 0.238 e. The van der Waals surface area contributed by atoms with Gasteiger partial charge in [0.1, 0.15) is 12.7 Å². The Morgan fingerprint density at radius 3 is 1.35 bits per heavy atom. The van der Waals surface area contributed by atoms with Crippen molar-refractivity contribution < 1.29 is 0 Å². The molecule has 0 aliphatic heterocycles. The molecule has 0 aliphatic carbocycles. The Labute approximate surface area is 589 Å². The average Bonchev–Trinajstić information content (AvgIpc) is 1.58. The molecule has 0 saturated carbocycles. The van der Waals surface area contributed by atoms with E-state index in [0.717, 1.165) is 94.1 Å². The van der Waals surface area contributed by atoms with Gasteiger partial charge in [0.25, 0.3) is 0 Å². The van der Waals surface area contributed by atoms with Crippen LogP contribution in [0.25, 0.3) is 207 Å². The predicted molar refractivity (Wildman–Crippen MR) is 424 cm³/mol. The molecule has 102 heavy (non-hydrogen) atoms. The molecule has 474 valence electrons. The van der Waals surface area contributed by atoms with Crippen LogP contribution in [0.3, 0.4) is 0 Å². The van der Waals surface area contributed by atoms with Gasteiger partial charge in [0.2, 0.25) is 5.95 Å². The number of nitrogens with zero attached hydrogens (tertiary/aromatic N) is 10. The van der Waals surface area contributed by atoms with Crippen molar-refractivity contribution in [3.05, 3.63) is 316 Å². The highest BCUT2D eigenvalue weighted by molar-refractivity contribution is 7.26. The fraction of sp³-hybridized carbons (Fsp3) is 0. The molecule has 0 amide bonds. The number of fused-ring (bicyclic) bond motifs is 18. The normalized spacial score (nSPS) is 12.1. The Balaban J connectivity index is 0.601. The molecular formula is C90H52N10S2. The van der Waals surface area contributed by atoms with Gasteiger partial charge in [0.05, 0.1) is 44.1 Å². The maximum atomic E-state index is 5.26. The summed E-state index contributed by atoms with van der Waals surface area (Å²) in [6.07, 6.45) is 3.28. The summed E-state index contributed by atoms with van der Waals surface area (Å²) in [6, 6.07) is 110. The van der Waals surface area contributed by atoms with Crippen molar-refractivity contribution in [3.8, 4) is 79.4 Å². The van der Waals surface area contributed by atoms with Crippen LogP contribution in [-0.4, -0.2) is 48.2 Å². The SMILES string of the molecule is c1cc(-c2ncnc(-n3c4ccccc4c4cc(-n5c6ccccc6c6ccccc65)ccc43)n2)cc(-c2cccc3c2sc2cc(-c4cccc5c4c4ccccc4n5-c4ccc5c(c4)c4ccccc4n5-c4cccc(-c5ncnc(-c6cccc7c6sc6ccccc67)n5)c4)ccc23)c1. The quantitative estimate of drug-likeness (QED) is 0.143. The van der Waals surface area contributed by atoms with E-state index < -0.39 is 0 Å². The van der Waals surface area contributed by atoms with E-state index in [0.29, 0.717) is 23.4 Å². The van der Waals surface area contributed by atoms with Crippen molar-refractivity contribution in [2.75, 3.05) is 0 Å². The van der Waals surface area contributed by atoms with E-state index in [4.69, 9.17) is 29.9 Å². The van der Waals surface area contributed by atoms with E-state index in [9.17, 15) is 0 Å². The van der Waals surface area contributed by atoms with Gasteiger partial charge in [-0.3, -0.25) is 4.57 Å². The molecule has 0 fully saturated rings. The molecule has 8 aromatic heterocycles. The number of hydrogen-bond acceptors (Lipinski definition) is 8. The zero-order chi connectivity index (χ0) is 66.7. The molecule has 10 nitrogen and oxygen atoms in total. The number of benzene rings is 14. The van der Waals surface area contributed by atoms with Gasteiger partial charge in [0, 0.05) is 117 Å². The first-order chi connectivity index (χ1) is 50.6. The van der Waals surface area contributed by atoms with Crippen LogP contribution in [0.4, 0.5) is 0 Å². The van der Waals surface area contributed by atoms with Crippen LogP contribution in [0, 0.1) is 0 Å². The summed E-state index contributed by atoms with van der Waals surface area (Å²) in [7, 11) is 0. The van der Waals surface area contributed by atoms with Crippen molar-refractivity contribution in [1.29, 1.82) is 0 Å². The molecule has 22 aromatic rings. The molecule has 0 atom stereocenters. The summed E-state index contributed by atoms with van der Waals surface area (Å²) < 4.78 is 14.2. The number of rotatable bonds is 9. The first-order valence-electron chi connectivity index (χ1n) is 34.1. The lowest BCUT2D eigenvalue weighted by atomic mass is 9.97.